The van der Waals surface area contributed by atoms with Gasteiger partial charge in [0.15, 0.2) is 11.5 Å². The molecule has 1 unspecified atom stereocenters. The summed E-state index contributed by atoms with van der Waals surface area (Å²) in [5, 5.41) is 12.2. The number of hydrogen-bond acceptors (Lipinski definition) is 6. The number of furan rings is 1. The lowest BCUT2D eigenvalue weighted by atomic mass is 9.94. The lowest BCUT2D eigenvalue weighted by molar-refractivity contribution is -0.117. The largest absolute Gasteiger partial charge is 0.503 e. The number of aliphatic hydroxyl groups is 1. The van der Waals surface area contributed by atoms with Crippen LogP contribution in [0, 0.1) is 0 Å². The van der Waals surface area contributed by atoms with Crippen LogP contribution in [-0.2, 0) is 4.79 Å². The molecule has 8 heteroatoms. The Morgan fingerprint density at radius 2 is 1.79 bits per heavy atom. The number of Topliss-reactive ketones (excluding diaryl/α,β-unsaturated/α-hetero) is 1. The molecule has 0 aliphatic carbocycles. The fourth-order valence-corrected chi connectivity index (χ4v) is 5.07. The number of amides is 1. The van der Waals surface area contributed by atoms with E-state index >= 15 is 0 Å². The fraction of sp³-hybridized carbons (Fsp3) is 0.200. The van der Waals surface area contributed by atoms with Crippen LogP contribution in [0.25, 0.3) is 11.0 Å². The SMILES string of the molecule is CCN(CC)c1ccc(C2C(C(=O)c3cc4cc(Cl)ccc4o3)=C(O)C(=O)N2c2cccc(OC)c2)cc1. The maximum atomic E-state index is 13.9. The van der Waals surface area contributed by atoms with Gasteiger partial charge in [-0.25, -0.2) is 0 Å². The Morgan fingerprint density at radius 3 is 2.47 bits per heavy atom. The van der Waals surface area contributed by atoms with Gasteiger partial charge in [0.2, 0.25) is 5.78 Å². The number of halogens is 1. The van der Waals surface area contributed by atoms with Crippen LogP contribution in [0.2, 0.25) is 5.02 Å². The van der Waals surface area contributed by atoms with Gasteiger partial charge in [-0.05, 0) is 67.9 Å². The highest BCUT2D eigenvalue weighted by atomic mass is 35.5. The van der Waals surface area contributed by atoms with Crippen LogP contribution in [0.4, 0.5) is 11.4 Å². The number of anilines is 2. The van der Waals surface area contributed by atoms with Crippen LogP contribution in [-0.4, -0.2) is 37.0 Å². The van der Waals surface area contributed by atoms with E-state index in [-0.39, 0.29) is 11.3 Å². The van der Waals surface area contributed by atoms with E-state index in [9.17, 15) is 14.7 Å². The number of benzene rings is 3. The third-order valence-electron chi connectivity index (χ3n) is 6.82. The summed E-state index contributed by atoms with van der Waals surface area (Å²) in [5.41, 5.74) is 2.60. The van der Waals surface area contributed by atoms with Gasteiger partial charge in [0.1, 0.15) is 11.3 Å². The van der Waals surface area contributed by atoms with Crippen molar-refractivity contribution >= 4 is 45.6 Å². The monoisotopic (exact) mass is 530 g/mol. The van der Waals surface area contributed by atoms with Crippen LogP contribution in [0.1, 0.15) is 36.0 Å². The molecule has 0 fully saturated rings. The zero-order valence-electron chi connectivity index (χ0n) is 21.3. The van der Waals surface area contributed by atoms with E-state index in [0.29, 0.717) is 33.0 Å². The molecule has 0 spiro atoms. The summed E-state index contributed by atoms with van der Waals surface area (Å²) in [6.07, 6.45) is 0. The van der Waals surface area contributed by atoms with Crippen molar-refractivity contribution in [2.24, 2.45) is 0 Å². The van der Waals surface area contributed by atoms with Crippen molar-refractivity contribution < 1.29 is 23.8 Å². The Hall–Kier alpha value is -4.23. The zero-order valence-corrected chi connectivity index (χ0v) is 22.0. The average Bonchev–Trinajstić information content (AvgIpc) is 3.47. The molecule has 194 valence electrons. The number of nitrogens with zero attached hydrogens (tertiary/aromatic N) is 2. The maximum Gasteiger partial charge on any atom is 0.294 e. The van der Waals surface area contributed by atoms with Gasteiger partial charge in [0.25, 0.3) is 5.91 Å². The molecule has 7 nitrogen and oxygen atoms in total. The molecular weight excluding hydrogens is 504 g/mol. The molecule has 38 heavy (non-hydrogen) atoms. The smallest absolute Gasteiger partial charge is 0.294 e. The van der Waals surface area contributed by atoms with E-state index in [1.54, 1.807) is 48.5 Å². The molecule has 5 rings (SSSR count). The van der Waals surface area contributed by atoms with Crippen molar-refractivity contribution in [2.75, 3.05) is 30.0 Å². The second-order valence-electron chi connectivity index (χ2n) is 8.93. The molecule has 1 aliphatic rings. The van der Waals surface area contributed by atoms with E-state index in [4.69, 9.17) is 20.8 Å². The Kier molecular flexibility index (Phi) is 6.87. The molecule has 1 aromatic heterocycles. The lowest BCUT2D eigenvalue weighted by Crippen LogP contribution is -2.31. The highest BCUT2D eigenvalue weighted by Crippen LogP contribution is 2.43. The van der Waals surface area contributed by atoms with Crippen molar-refractivity contribution in [3.63, 3.8) is 0 Å². The van der Waals surface area contributed by atoms with Gasteiger partial charge in [-0.2, -0.15) is 0 Å². The van der Waals surface area contributed by atoms with Gasteiger partial charge in [0, 0.05) is 40.9 Å². The summed E-state index contributed by atoms with van der Waals surface area (Å²) >= 11 is 6.11. The van der Waals surface area contributed by atoms with Crippen LogP contribution < -0.4 is 14.5 Å². The first-order chi connectivity index (χ1) is 18.4. The van der Waals surface area contributed by atoms with E-state index < -0.39 is 23.5 Å². The molecule has 4 aromatic rings. The second-order valence-corrected chi connectivity index (χ2v) is 9.36. The highest BCUT2D eigenvalue weighted by Gasteiger charge is 2.45. The van der Waals surface area contributed by atoms with Gasteiger partial charge < -0.3 is 19.2 Å². The second kappa shape index (κ2) is 10.3. The Bertz CT molecular complexity index is 1550. The van der Waals surface area contributed by atoms with E-state index in [1.165, 1.54) is 12.0 Å². The van der Waals surface area contributed by atoms with E-state index in [0.717, 1.165) is 18.8 Å². The molecule has 1 atom stereocenters. The van der Waals surface area contributed by atoms with Crippen molar-refractivity contribution in [3.8, 4) is 5.75 Å². The summed E-state index contributed by atoms with van der Waals surface area (Å²) in [5.74, 6) is -1.33. The van der Waals surface area contributed by atoms with Crippen molar-refractivity contribution in [2.45, 2.75) is 19.9 Å². The normalized spacial score (nSPS) is 15.4. The van der Waals surface area contributed by atoms with Crippen LogP contribution in [0.15, 0.2) is 88.5 Å². The van der Waals surface area contributed by atoms with Crippen LogP contribution in [0.5, 0.6) is 5.75 Å². The summed E-state index contributed by atoms with van der Waals surface area (Å²) < 4.78 is 11.2. The maximum absolute atomic E-state index is 13.9. The molecular formula is C30H27ClN2O5. The number of fused-ring (bicyclic) bond motifs is 1. The first kappa shape index (κ1) is 25.4. The molecule has 0 saturated carbocycles. The predicted molar refractivity (Wildman–Crippen MR) is 148 cm³/mol. The topological polar surface area (TPSA) is 83.2 Å². The number of carbonyl (C=O) groups is 2. The highest BCUT2D eigenvalue weighted by molar-refractivity contribution is 6.31. The molecule has 2 heterocycles. The predicted octanol–water partition coefficient (Wildman–Crippen LogP) is 6.72. The number of methoxy groups -OCH3 is 1. The number of ether oxygens (including phenoxy) is 1. The van der Waals surface area contributed by atoms with E-state index in [1.807, 2.05) is 24.3 Å². The number of carbonyl (C=O) groups excluding carboxylic acids is 2. The lowest BCUT2D eigenvalue weighted by Gasteiger charge is -2.28. The summed E-state index contributed by atoms with van der Waals surface area (Å²) in [6.45, 7) is 5.84. The third kappa shape index (κ3) is 4.39. The van der Waals surface area contributed by atoms with Gasteiger partial charge in [0.05, 0.1) is 18.7 Å². The molecule has 1 amide bonds. The molecule has 3 aromatic carbocycles. The molecule has 1 aliphatic heterocycles. The number of aliphatic hydroxyl groups excluding tert-OH is 1. The third-order valence-corrected chi connectivity index (χ3v) is 7.06. The Balaban J connectivity index is 1.63. The fourth-order valence-electron chi connectivity index (χ4n) is 4.89. The average molecular weight is 531 g/mol. The first-order valence-corrected chi connectivity index (χ1v) is 12.7. The minimum absolute atomic E-state index is 0.00821. The quantitative estimate of drug-likeness (QED) is 0.254. The summed E-state index contributed by atoms with van der Waals surface area (Å²) in [7, 11) is 1.53. The van der Waals surface area contributed by atoms with Crippen molar-refractivity contribution in [1.82, 2.24) is 0 Å². The molecule has 1 N–H and O–H groups in total. The molecule has 0 radical (unpaired) electrons. The van der Waals surface area contributed by atoms with Gasteiger partial charge in [-0.3, -0.25) is 14.5 Å². The van der Waals surface area contributed by atoms with Gasteiger partial charge in [-0.15, -0.1) is 0 Å². The number of ketones is 1. The van der Waals surface area contributed by atoms with Gasteiger partial charge >= 0.3 is 0 Å². The van der Waals surface area contributed by atoms with Crippen LogP contribution in [0.3, 0.4) is 0 Å². The summed E-state index contributed by atoms with van der Waals surface area (Å²) in [6, 6.07) is 20.3. The number of hydrogen-bond donors (Lipinski definition) is 1. The van der Waals surface area contributed by atoms with Crippen molar-refractivity contribution in [1.29, 1.82) is 0 Å². The molecule has 0 bridgehead atoms. The first-order valence-electron chi connectivity index (χ1n) is 12.4. The van der Waals surface area contributed by atoms with E-state index in [2.05, 4.69) is 18.7 Å². The van der Waals surface area contributed by atoms with Crippen molar-refractivity contribution in [3.05, 3.63) is 100 Å². The summed E-state index contributed by atoms with van der Waals surface area (Å²) in [4.78, 5) is 31.0. The molecule has 0 saturated heterocycles. The minimum atomic E-state index is -0.885. The zero-order chi connectivity index (χ0) is 27.0. The van der Waals surface area contributed by atoms with Crippen LogP contribution >= 0.6 is 11.6 Å². The Labute approximate surface area is 225 Å². The standard InChI is InChI=1S/C30H27ClN2O5/c1-4-32(5-2)21-12-9-18(10-13-21)27-26(28(34)25-16-19-15-20(31)11-14-24(19)38-25)29(35)30(36)33(27)22-7-6-8-23(17-22)37-3/h6-17,27,35H,4-5H2,1-3H3. The number of rotatable bonds is 8. The Morgan fingerprint density at radius 1 is 1.05 bits per heavy atom. The minimum Gasteiger partial charge on any atom is -0.503 e. The van der Waals surface area contributed by atoms with Gasteiger partial charge in [-0.1, -0.05) is 29.8 Å².